The van der Waals surface area contributed by atoms with Crippen LogP contribution in [-0.4, -0.2) is 60.6 Å². The summed E-state index contributed by atoms with van der Waals surface area (Å²) < 4.78 is 50.2. The van der Waals surface area contributed by atoms with Gasteiger partial charge in [0.05, 0.1) is 12.1 Å². The van der Waals surface area contributed by atoms with Crippen LogP contribution in [0.1, 0.15) is 23.1 Å². The number of aryl methyl sites for hydroxylation is 1. The molecule has 0 bridgehead atoms. The second-order valence-corrected chi connectivity index (χ2v) is 11.2. The number of nitrogens with zero attached hydrogens (tertiary/aromatic N) is 3. The number of piperazine rings is 1. The summed E-state index contributed by atoms with van der Waals surface area (Å²) in [4.78, 5) is 4.83. The van der Waals surface area contributed by atoms with Crippen LogP contribution in [0.5, 0.6) is 11.5 Å². The molecule has 1 fully saturated rings. The van der Waals surface area contributed by atoms with Crippen LogP contribution in [0.15, 0.2) is 60.8 Å². The molecule has 45 heavy (non-hydrogen) atoms. The zero-order chi connectivity index (χ0) is 30.6. The van der Waals surface area contributed by atoms with E-state index in [1.54, 1.807) is 13.2 Å². The van der Waals surface area contributed by atoms with Gasteiger partial charge in [-0.1, -0.05) is 35.9 Å². The summed E-state index contributed by atoms with van der Waals surface area (Å²) in [6.07, 6.45) is -1.92. The number of ether oxygens (including phenoxy) is 2. The molecule has 1 saturated heterocycles. The molecule has 0 atom stereocenters. The molecule has 0 spiro atoms. The third-order valence-electron chi connectivity index (χ3n) is 7.90. The van der Waals surface area contributed by atoms with E-state index in [0.717, 1.165) is 79.8 Å². The van der Waals surface area contributed by atoms with E-state index in [-0.39, 0.29) is 37.1 Å². The van der Waals surface area contributed by atoms with E-state index >= 15 is 0 Å². The normalized spacial score (nSPS) is 14.2. The van der Waals surface area contributed by atoms with Gasteiger partial charge in [0, 0.05) is 75.0 Å². The van der Waals surface area contributed by atoms with Crippen LogP contribution in [0.25, 0.3) is 22.0 Å². The summed E-state index contributed by atoms with van der Waals surface area (Å²) in [5, 5.41) is 1.69. The first-order chi connectivity index (χ1) is 20.7. The average molecular weight is 689 g/mol. The minimum Gasteiger partial charge on any atom is -0.495 e. The third-order valence-corrected chi connectivity index (χ3v) is 8.33. The van der Waals surface area contributed by atoms with Crippen molar-refractivity contribution in [1.82, 2.24) is 14.4 Å². The van der Waals surface area contributed by atoms with E-state index in [4.69, 9.17) is 27.8 Å². The predicted octanol–water partition coefficient (Wildman–Crippen LogP) is 6.84. The van der Waals surface area contributed by atoms with Crippen LogP contribution in [0.4, 0.5) is 13.2 Å². The fraction of sp³-hybridized carbons (Fsp3) is 0.375. The molecule has 1 aliphatic heterocycles. The Labute approximate surface area is 279 Å². The highest BCUT2D eigenvalue weighted by molar-refractivity contribution is 6.32. The molecule has 5 rings (SSSR count). The maximum Gasteiger partial charge on any atom is 0.573 e. The molecule has 4 aromatic rings. The summed E-state index contributed by atoms with van der Waals surface area (Å²) in [5.74, 6) is 0.408. The summed E-state index contributed by atoms with van der Waals surface area (Å²) in [7, 11) is 1.62. The first kappa shape index (κ1) is 36.8. The lowest BCUT2D eigenvalue weighted by Gasteiger charge is -2.35. The van der Waals surface area contributed by atoms with E-state index in [1.165, 1.54) is 17.7 Å². The zero-order valence-corrected chi connectivity index (χ0v) is 27.4. The minimum absolute atomic E-state index is 0. The molecule has 1 aliphatic rings. The molecule has 0 unspecified atom stereocenters. The largest absolute Gasteiger partial charge is 0.573 e. The molecular weight excluding hydrogens is 650 g/mol. The van der Waals surface area contributed by atoms with Crippen LogP contribution in [-0.2, 0) is 26.2 Å². The Bertz CT molecular complexity index is 1560. The van der Waals surface area contributed by atoms with Gasteiger partial charge in [-0.3, -0.25) is 9.80 Å². The fourth-order valence-corrected chi connectivity index (χ4v) is 6.01. The molecule has 1 aromatic heterocycles. The van der Waals surface area contributed by atoms with Crippen LogP contribution in [0.2, 0.25) is 5.02 Å². The van der Waals surface area contributed by atoms with Crippen molar-refractivity contribution in [3.8, 4) is 22.6 Å². The Morgan fingerprint density at radius 2 is 1.58 bits per heavy atom. The monoisotopic (exact) mass is 687 g/mol. The van der Waals surface area contributed by atoms with Crippen molar-refractivity contribution in [1.29, 1.82) is 0 Å². The summed E-state index contributed by atoms with van der Waals surface area (Å²) >= 11 is 6.52. The number of nitrogens with two attached hydrogens (primary N) is 2. The Balaban J connectivity index is 0.00000276. The van der Waals surface area contributed by atoms with E-state index in [1.807, 2.05) is 24.4 Å². The quantitative estimate of drug-likeness (QED) is 0.180. The first-order valence-corrected chi connectivity index (χ1v) is 14.7. The maximum absolute atomic E-state index is 12.8. The van der Waals surface area contributed by atoms with Gasteiger partial charge in [0.25, 0.3) is 0 Å². The van der Waals surface area contributed by atoms with Gasteiger partial charge in [-0.25, -0.2) is 0 Å². The van der Waals surface area contributed by atoms with E-state index < -0.39 is 6.36 Å². The van der Waals surface area contributed by atoms with Crippen LogP contribution < -0.4 is 20.9 Å². The van der Waals surface area contributed by atoms with Gasteiger partial charge >= 0.3 is 6.36 Å². The number of fused-ring (bicyclic) bond motifs is 1. The van der Waals surface area contributed by atoms with Crippen molar-refractivity contribution in [2.45, 2.75) is 39.0 Å². The van der Waals surface area contributed by atoms with Gasteiger partial charge in [-0.05, 0) is 65.6 Å². The number of rotatable bonds is 11. The number of benzene rings is 3. The lowest BCUT2D eigenvalue weighted by atomic mass is 9.98. The molecular formula is C32H39Cl3F3N5O2. The van der Waals surface area contributed by atoms with Crippen molar-refractivity contribution in [2.75, 3.05) is 39.8 Å². The number of aromatic nitrogens is 1. The third kappa shape index (κ3) is 8.98. The predicted molar refractivity (Wildman–Crippen MR) is 179 cm³/mol. The second-order valence-electron chi connectivity index (χ2n) is 10.8. The van der Waals surface area contributed by atoms with E-state index in [9.17, 15) is 13.2 Å². The van der Waals surface area contributed by atoms with Gasteiger partial charge in [-0.2, -0.15) is 0 Å². The molecule has 0 amide bonds. The average Bonchev–Trinajstić information content (AvgIpc) is 3.34. The van der Waals surface area contributed by atoms with Crippen LogP contribution in [0, 0.1) is 0 Å². The summed E-state index contributed by atoms with van der Waals surface area (Å²) in [6, 6.07) is 16.7. The standard InChI is InChI=1S/C32H37ClF3N5O2.2ClH/c1-42-30-5-2-4-23(31(30)33)20-40-14-12-39(13-15-40)19-22-6-9-29-27(16-22)28(21-41(29)11-3-10-37)26-8-7-25(17-24(26)18-38)43-32(34,35)36;;/h2,4-9,16-17,21H,3,10-15,18-20,37-38H2,1H3;2*1H. The van der Waals surface area contributed by atoms with Crippen LogP contribution >= 0.6 is 36.4 Å². The topological polar surface area (TPSA) is 81.9 Å². The van der Waals surface area contributed by atoms with E-state index in [0.29, 0.717) is 22.9 Å². The minimum atomic E-state index is -4.77. The molecule has 13 heteroatoms. The van der Waals surface area contributed by atoms with Crippen molar-refractivity contribution >= 4 is 47.3 Å². The second kappa shape index (κ2) is 16.2. The van der Waals surface area contributed by atoms with Crippen molar-refractivity contribution in [2.24, 2.45) is 11.5 Å². The molecule has 4 N–H and O–H groups in total. The van der Waals surface area contributed by atoms with Gasteiger partial charge in [0.2, 0.25) is 0 Å². The zero-order valence-electron chi connectivity index (χ0n) is 25.0. The summed E-state index contributed by atoms with van der Waals surface area (Å²) in [5.41, 5.74) is 17.4. The lowest BCUT2D eigenvalue weighted by Crippen LogP contribution is -2.45. The Hall–Kier alpha value is -2.70. The van der Waals surface area contributed by atoms with Crippen molar-refractivity contribution < 1.29 is 22.6 Å². The SMILES string of the molecule is COc1cccc(CN2CCN(Cc3ccc4c(c3)c(-c3ccc(OC(F)(F)F)cc3CN)cn4CCCN)CC2)c1Cl.Cl.Cl. The molecule has 0 radical (unpaired) electrons. The lowest BCUT2D eigenvalue weighted by molar-refractivity contribution is -0.274. The highest BCUT2D eigenvalue weighted by atomic mass is 35.5. The molecule has 3 aromatic carbocycles. The highest BCUT2D eigenvalue weighted by Crippen LogP contribution is 2.36. The first-order valence-electron chi connectivity index (χ1n) is 14.4. The van der Waals surface area contributed by atoms with Gasteiger partial charge in [0.1, 0.15) is 11.5 Å². The summed E-state index contributed by atoms with van der Waals surface area (Å²) in [6.45, 7) is 6.60. The highest BCUT2D eigenvalue weighted by Gasteiger charge is 2.31. The number of hydrogen-bond acceptors (Lipinski definition) is 6. The van der Waals surface area contributed by atoms with Crippen molar-refractivity contribution in [3.63, 3.8) is 0 Å². The molecule has 0 aliphatic carbocycles. The van der Waals surface area contributed by atoms with Crippen molar-refractivity contribution in [3.05, 3.63) is 82.5 Å². The van der Waals surface area contributed by atoms with Gasteiger partial charge < -0.3 is 25.5 Å². The molecule has 2 heterocycles. The smallest absolute Gasteiger partial charge is 0.495 e. The number of hydrogen-bond donors (Lipinski definition) is 2. The van der Waals surface area contributed by atoms with Gasteiger partial charge in [0.15, 0.2) is 0 Å². The number of alkyl halides is 3. The molecule has 0 saturated carbocycles. The van der Waals surface area contributed by atoms with Gasteiger partial charge in [-0.15, -0.1) is 38.0 Å². The molecule has 246 valence electrons. The maximum atomic E-state index is 12.8. The Morgan fingerprint density at radius 3 is 2.22 bits per heavy atom. The van der Waals surface area contributed by atoms with Crippen LogP contribution in [0.3, 0.4) is 0 Å². The number of halogens is 6. The molecule has 7 nitrogen and oxygen atoms in total. The Kier molecular flexibility index (Phi) is 13.3. The van der Waals surface area contributed by atoms with E-state index in [2.05, 4.69) is 37.3 Å². The Morgan fingerprint density at radius 1 is 0.867 bits per heavy atom. The number of methoxy groups -OCH3 is 1. The fourth-order valence-electron chi connectivity index (χ4n) is 5.74.